The summed E-state index contributed by atoms with van der Waals surface area (Å²) >= 11 is 0. The van der Waals surface area contributed by atoms with Crippen molar-refractivity contribution in [1.82, 2.24) is 14.7 Å². The molecule has 3 rings (SSSR count). The van der Waals surface area contributed by atoms with Gasteiger partial charge in [-0.15, -0.1) is 0 Å². The topological polar surface area (TPSA) is 36.0 Å². The zero-order valence-electron chi connectivity index (χ0n) is 18.1. The molecule has 0 saturated carbocycles. The number of carbonyl (C=O) groups excluding carboxylic acids is 1. The molecule has 3 aliphatic heterocycles. The van der Waals surface area contributed by atoms with E-state index in [4.69, 9.17) is 4.74 Å². The van der Waals surface area contributed by atoms with Crippen LogP contribution in [-0.4, -0.2) is 86.7 Å². The van der Waals surface area contributed by atoms with E-state index in [9.17, 15) is 4.79 Å². The third-order valence-electron chi connectivity index (χ3n) is 7.33. The van der Waals surface area contributed by atoms with Gasteiger partial charge >= 0.3 is 0 Å². The van der Waals surface area contributed by atoms with E-state index in [-0.39, 0.29) is 5.92 Å². The Balaban J connectivity index is 1.55. The second-order valence-electron chi connectivity index (χ2n) is 9.64. The highest BCUT2D eigenvalue weighted by Gasteiger charge is 2.48. The molecule has 27 heavy (non-hydrogen) atoms. The minimum absolute atomic E-state index is 0.262. The normalized spacial score (nSPS) is 27.7. The summed E-state index contributed by atoms with van der Waals surface area (Å²) in [5, 5.41) is 0. The monoisotopic (exact) mass is 379 g/mol. The standard InChI is InChI=1S/C22H41N3O2/c1-5-23-10-6-19(7-11-23)21(26)25-12-8-22(9-13-25)17-24(14-18(2)3)15-20(22)16-27-4/h18-20H,5-17H2,1-4H3/t20-/m0/s1. The van der Waals surface area contributed by atoms with Crippen LogP contribution in [0.25, 0.3) is 0 Å². The summed E-state index contributed by atoms with van der Waals surface area (Å²) in [6.07, 6.45) is 4.38. The molecule has 1 atom stereocenters. The maximum absolute atomic E-state index is 13.0. The number of hydrogen-bond donors (Lipinski definition) is 0. The van der Waals surface area contributed by atoms with Crippen LogP contribution in [0, 0.1) is 23.2 Å². The molecule has 0 aromatic carbocycles. The van der Waals surface area contributed by atoms with Gasteiger partial charge in [0.2, 0.25) is 5.91 Å². The van der Waals surface area contributed by atoms with Gasteiger partial charge in [-0.25, -0.2) is 0 Å². The summed E-state index contributed by atoms with van der Waals surface area (Å²) in [5.41, 5.74) is 0.354. The molecule has 3 heterocycles. The maximum atomic E-state index is 13.0. The van der Waals surface area contributed by atoms with E-state index >= 15 is 0 Å². The highest BCUT2D eigenvalue weighted by molar-refractivity contribution is 5.79. The highest BCUT2D eigenvalue weighted by atomic mass is 16.5. The van der Waals surface area contributed by atoms with Gasteiger partial charge in [-0.3, -0.25) is 4.79 Å². The lowest BCUT2D eigenvalue weighted by molar-refractivity contribution is -0.140. The average Bonchev–Trinajstić information content (AvgIpc) is 2.98. The molecule has 3 aliphatic rings. The van der Waals surface area contributed by atoms with Crippen molar-refractivity contribution in [2.45, 2.75) is 46.5 Å². The molecule has 3 saturated heterocycles. The number of hydrogen-bond acceptors (Lipinski definition) is 4. The number of carbonyl (C=O) groups is 1. The first kappa shape index (κ1) is 21.1. The van der Waals surface area contributed by atoms with Crippen molar-refractivity contribution in [3.05, 3.63) is 0 Å². The van der Waals surface area contributed by atoms with Crippen molar-refractivity contribution < 1.29 is 9.53 Å². The van der Waals surface area contributed by atoms with Gasteiger partial charge in [-0.05, 0) is 56.7 Å². The number of methoxy groups -OCH3 is 1. The molecular formula is C22H41N3O2. The van der Waals surface area contributed by atoms with Crippen LogP contribution >= 0.6 is 0 Å². The van der Waals surface area contributed by atoms with E-state index in [1.54, 1.807) is 0 Å². The molecule has 0 aromatic rings. The summed E-state index contributed by atoms with van der Waals surface area (Å²) in [6.45, 7) is 16.4. The van der Waals surface area contributed by atoms with Crippen molar-refractivity contribution in [2.24, 2.45) is 23.2 Å². The maximum Gasteiger partial charge on any atom is 0.225 e. The predicted octanol–water partition coefficient (Wildman–Crippen LogP) is 2.56. The Morgan fingerprint density at radius 2 is 1.78 bits per heavy atom. The van der Waals surface area contributed by atoms with Gasteiger partial charge in [0.05, 0.1) is 6.61 Å². The first-order chi connectivity index (χ1) is 13.0. The molecule has 0 aliphatic carbocycles. The van der Waals surface area contributed by atoms with E-state index in [1.165, 1.54) is 13.1 Å². The van der Waals surface area contributed by atoms with E-state index < -0.39 is 0 Å². The number of piperidine rings is 2. The fourth-order valence-electron chi connectivity index (χ4n) is 5.72. The van der Waals surface area contributed by atoms with E-state index in [2.05, 4.69) is 35.5 Å². The molecular weight excluding hydrogens is 338 g/mol. The molecule has 1 spiro atoms. The van der Waals surface area contributed by atoms with Crippen molar-refractivity contribution in [3.8, 4) is 0 Å². The fourth-order valence-corrected chi connectivity index (χ4v) is 5.72. The van der Waals surface area contributed by atoms with Crippen LogP contribution in [0.2, 0.25) is 0 Å². The Bertz CT molecular complexity index is 480. The third kappa shape index (κ3) is 4.86. The number of amides is 1. The fraction of sp³-hybridized carbons (Fsp3) is 0.955. The van der Waals surface area contributed by atoms with Gasteiger partial charge < -0.3 is 19.4 Å². The molecule has 5 nitrogen and oxygen atoms in total. The minimum atomic E-state index is 0.262. The SMILES string of the molecule is CCN1CCC(C(=O)N2CCC3(CC2)CN(CC(C)C)C[C@H]3COC)CC1. The number of ether oxygens (including phenoxy) is 1. The zero-order valence-corrected chi connectivity index (χ0v) is 18.1. The highest BCUT2D eigenvalue weighted by Crippen LogP contribution is 2.45. The molecule has 3 fully saturated rings. The Labute approximate surface area is 166 Å². The first-order valence-corrected chi connectivity index (χ1v) is 11.2. The van der Waals surface area contributed by atoms with Gasteiger partial charge in [0.25, 0.3) is 0 Å². The van der Waals surface area contributed by atoms with Crippen LogP contribution in [0.3, 0.4) is 0 Å². The van der Waals surface area contributed by atoms with Gasteiger partial charge in [-0.1, -0.05) is 20.8 Å². The van der Waals surface area contributed by atoms with Crippen LogP contribution in [0.4, 0.5) is 0 Å². The van der Waals surface area contributed by atoms with Crippen molar-refractivity contribution in [2.75, 3.05) is 66.1 Å². The number of likely N-dealkylation sites (tertiary alicyclic amines) is 3. The summed E-state index contributed by atoms with van der Waals surface area (Å²) in [7, 11) is 1.83. The Hall–Kier alpha value is -0.650. The van der Waals surface area contributed by atoms with E-state index in [0.29, 0.717) is 23.2 Å². The van der Waals surface area contributed by atoms with Crippen molar-refractivity contribution in [3.63, 3.8) is 0 Å². The smallest absolute Gasteiger partial charge is 0.225 e. The molecule has 0 bridgehead atoms. The third-order valence-corrected chi connectivity index (χ3v) is 7.33. The van der Waals surface area contributed by atoms with Crippen LogP contribution < -0.4 is 0 Å². The quantitative estimate of drug-likeness (QED) is 0.711. The molecule has 0 aromatic heterocycles. The van der Waals surface area contributed by atoms with E-state index in [1.807, 2.05) is 7.11 Å². The molecule has 156 valence electrons. The van der Waals surface area contributed by atoms with Crippen LogP contribution in [0.1, 0.15) is 46.5 Å². The summed E-state index contributed by atoms with van der Waals surface area (Å²) in [4.78, 5) is 20.3. The van der Waals surface area contributed by atoms with Crippen LogP contribution in [0.5, 0.6) is 0 Å². The molecule has 0 radical (unpaired) electrons. The molecule has 0 unspecified atom stereocenters. The largest absolute Gasteiger partial charge is 0.384 e. The van der Waals surface area contributed by atoms with Gasteiger partial charge in [0.1, 0.15) is 0 Å². The number of nitrogens with zero attached hydrogens (tertiary/aromatic N) is 3. The first-order valence-electron chi connectivity index (χ1n) is 11.2. The van der Waals surface area contributed by atoms with Crippen LogP contribution in [-0.2, 0) is 9.53 Å². The second-order valence-corrected chi connectivity index (χ2v) is 9.64. The second kappa shape index (κ2) is 9.23. The Morgan fingerprint density at radius 1 is 1.11 bits per heavy atom. The molecule has 1 amide bonds. The lowest BCUT2D eigenvalue weighted by atomic mass is 9.71. The Morgan fingerprint density at radius 3 is 2.33 bits per heavy atom. The van der Waals surface area contributed by atoms with Gasteiger partial charge in [0, 0.05) is 51.7 Å². The summed E-state index contributed by atoms with van der Waals surface area (Å²) < 4.78 is 5.58. The Kier molecular flexibility index (Phi) is 7.20. The molecule has 5 heteroatoms. The summed E-state index contributed by atoms with van der Waals surface area (Å²) in [5.74, 6) is 2.02. The van der Waals surface area contributed by atoms with Gasteiger partial charge in [-0.2, -0.15) is 0 Å². The average molecular weight is 380 g/mol. The van der Waals surface area contributed by atoms with Gasteiger partial charge in [0.15, 0.2) is 0 Å². The van der Waals surface area contributed by atoms with Crippen LogP contribution in [0.15, 0.2) is 0 Å². The number of rotatable bonds is 6. The van der Waals surface area contributed by atoms with Crippen molar-refractivity contribution >= 4 is 5.91 Å². The minimum Gasteiger partial charge on any atom is -0.384 e. The van der Waals surface area contributed by atoms with E-state index in [0.717, 1.165) is 71.6 Å². The molecule has 0 N–H and O–H groups in total. The lowest BCUT2D eigenvalue weighted by Gasteiger charge is -2.44. The van der Waals surface area contributed by atoms with Crippen molar-refractivity contribution in [1.29, 1.82) is 0 Å². The predicted molar refractivity (Wildman–Crippen MR) is 110 cm³/mol. The zero-order chi connectivity index (χ0) is 19.4. The summed E-state index contributed by atoms with van der Waals surface area (Å²) in [6, 6.07) is 0. The lowest BCUT2D eigenvalue weighted by Crippen LogP contribution is -2.50.